The van der Waals surface area contributed by atoms with E-state index in [1.807, 2.05) is 32.8 Å². The van der Waals surface area contributed by atoms with E-state index in [2.05, 4.69) is 10.0 Å². The summed E-state index contributed by atoms with van der Waals surface area (Å²) in [6.45, 7) is 6.71. The van der Waals surface area contributed by atoms with Gasteiger partial charge < -0.3 is 10.2 Å². The molecule has 0 aromatic carbocycles. The molecule has 1 unspecified atom stereocenters. The van der Waals surface area contributed by atoms with Gasteiger partial charge in [0.05, 0.1) is 0 Å². The van der Waals surface area contributed by atoms with Crippen molar-refractivity contribution >= 4 is 10.2 Å². The van der Waals surface area contributed by atoms with Crippen molar-refractivity contribution in [3.63, 3.8) is 0 Å². The first kappa shape index (κ1) is 17.8. The summed E-state index contributed by atoms with van der Waals surface area (Å²) >= 11 is 0. The molecular formula is C11H28N4O2S. The minimum Gasteiger partial charge on any atom is -0.317 e. The molecule has 0 amide bonds. The van der Waals surface area contributed by atoms with Crippen molar-refractivity contribution in [3.8, 4) is 0 Å². The summed E-state index contributed by atoms with van der Waals surface area (Å²) in [6, 6.07) is 0.176. The monoisotopic (exact) mass is 280 g/mol. The molecule has 2 N–H and O–H groups in total. The largest absolute Gasteiger partial charge is 0.317 e. The summed E-state index contributed by atoms with van der Waals surface area (Å²) < 4.78 is 27.8. The predicted octanol–water partition coefficient (Wildman–Crippen LogP) is -0.298. The molecule has 0 aromatic rings. The zero-order valence-corrected chi connectivity index (χ0v) is 13.0. The maximum atomic E-state index is 11.9. The van der Waals surface area contributed by atoms with Crippen LogP contribution in [0.25, 0.3) is 0 Å². The van der Waals surface area contributed by atoms with Crippen LogP contribution in [-0.2, 0) is 10.2 Å². The lowest BCUT2D eigenvalue weighted by Gasteiger charge is -2.23. The third kappa shape index (κ3) is 7.27. The maximum Gasteiger partial charge on any atom is 0.279 e. The fourth-order valence-electron chi connectivity index (χ4n) is 1.24. The molecule has 110 valence electrons. The summed E-state index contributed by atoms with van der Waals surface area (Å²) in [5, 5.41) is 3.17. The minimum absolute atomic E-state index is 0.176. The van der Waals surface area contributed by atoms with Gasteiger partial charge in [0.1, 0.15) is 0 Å². The molecule has 0 fully saturated rings. The molecule has 0 aliphatic heterocycles. The van der Waals surface area contributed by atoms with E-state index in [0.29, 0.717) is 13.1 Å². The Morgan fingerprint density at radius 1 is 1.22 bits per heavy atom. The van der Waals surface area contributed by atoms with Crippen LogP contribution in [0.1, 0.15) is 20.3 Å². The van der Waals surface area contributed by atoms with Crippen LogP contribution in [0, 0.1) is 0 Å². The Kier molecular flexibility index (Phi) is 8.71. The molecule has 0 aromatic heterocycles. The van der Waals surface area contributed by atoms with E-state index in [4.69, 9.17) is 0 Å². The first-order chi connectivity index (χ1) is 8.31. The summed E-state index contributed by atoms with van der Waals surface area (Å²) in [4.78, 5) is 1.98. The highest BCUT2D eigenvalue weighted by Gasteiger charge is 2.18. The van der Waals surface area contributed by atoms with Gasteiger partial charge in [-0.25, -0.2) is 4.72 Å². The van der Waals surface area contributed by atoms with E-state index >= 15 is 0 Å². The molecule has 7 heteroatoms. The molecule has 1 atom stereocenters. The molecule has 6 nitrogen and oxygen atoms in total. The van der Waals surface area contributed by atoms with E-state index in [1.165, 1.54) is 4.31 Å². The van der Waals surface area contributed by atoms with Crippen LogP contribution in [0.4, 0.5) is 0 Å². The highest BCUT2D eigenvalue weighted by Crippen LogP contribution is 1.97. The highest BCUT2D eigenvalue weighted by molar-refractivity contribution is 7.87. The Morgan fingerprint density at radius 3 is 2.33 bits per heavy atom. The summed E-state index contributed by atoms with van der Waals surface area (Å²) in [5.41, 5.74) is 0. The second-order valence-electron chi connectivity index (χ2n) is 4.69. The van der Waals surface area contributed by atoms with Gasteiger partial charge in [-0.15, -0.1) is 0 Å². The number of hydrogen-bond donors (Lipinski definition) is 2. The molecule has 0 saturated heterocycles. The quantitative estimate of drug-likeness (QED) is 0.539. The average Bonchev–Trinajstić information content (AvgIpc) is 2.31. The van der Waals surface area contributed by atoms with E-state index < -0.39 is 10.2 Å². The highest BCUT2D eigenvalue weighted by atomic mass is 32.2. The van der Waals surface area contributed by atoms with Crippen molar-refractivity contribution in [1.82, 2.24) is 19.2 Å². The molecule has 18 heavy (non-hydrogen) atoms. The minimum atomic E-state index is -3.35. The standard InChI is InChI=1S/C11H28N4O2S/c1-6-12-8-7-9-15(5)18(16,17)13-10-11(2)14(3)4/h11-13H,6-10H2,1-5H3. The van der Waals surface area contributed by atoms with Crippen molar-refractivity contribution in [2.45, 2.75) is 26.3 Å². The third-order valence-corrected chi connectivity index (χ3v) is 4.46. The van der Waals surface area contributed by atoms with Gasteiger partial charge in [-0.2, -0.15) is 12.7 Å². The smallest absolute Gasteiger partial charge is 0.279 e. The number of rotatable bonds is 10. The molecule has 0 spiro atoms. The number of nitrogens with one attached hydrogen (secondary N) is 2. The first-order valence-corrected chi connectivity index (χ1v) is 7.83. The van der Waals surface area contributed by atoms with E-state index in [9.17, 15) is 8.42 Å². The fraction of sp³-hybridized carbons (Fsp3) is 1.00. The maximum absolute atomic E-state index is 11.9. The van der Waals surface area contributed by atoms with Crippen LogP contribution in [0.5, 0.6) is 0 Å². The summed E-state index contributed by atoms with van der Waals surface area (Å²) in [7, 11) is 2.12. The molecule has 0 radical (unpaired) electrons. The van der Waals surface area contributed by atoms with Gasteiger partial charge in [-0.3, -0.25) is 0 Å². The number of hydrogen-bond acceptors (Lipinski definition) is 4. The van der Waals surface area contributed by atoms with Crippen molar-refractivity contribution in [3.05, 3.63) is 0 Å². The Labute approximate surface area is 112 Å². The molecule has 0 saturated carbocycles. The predicted molar refractivity (Wildman–Crippen MR) is 75.9 cm³/mol. The molecular weight excluding hydrogens is 252 g/mol. The lowest BCUT2D eigenvalue weighted by atomic mass is 10.3. The second-order valence-corrected chi connectivity index (χ2v) is 6.56. The average molecular weight is 280 g/mol. The lowest BCUT2D eigenvalue weighted by molar-refractivity contribution is 0.311. The zero-order valence-electron chi connectivity index (χ0n) is 12.2. The molecule has 0 aliphatic carbocycles. The van der Waals surface area contributed by atoms with Crippen LogP contribution in [0.15, 0.2) is 0 Å². The molecule has 0 bridgehead atoms. The van der Waals surface area contributed by atoms with Crippen LogP contribution in [-0.4, -0.2) is 71.0 Å². The summed E-state index contributed by atoms with van der Waals surface area (Å²) in [6.07, 6.45) is 0.814. The van der Waals surface area contributed by atoms with E-state index in [-0.39, 0.29) is 6.04 Å². The lowest BCUT2D eigenvalue weighted by Crippen LogP contribution is -2.44. The van der Waals surface area contributed by atoms with Gasteiger partial charge in [-0.05, 0) is 40.5 Å². The van der Waals surface area contributed by atoms with E-state index in [1.54, 1.807) is 7.05 Å². The fourth-order valence-corrected chi connectivity index (χ4v) is 2.28. The van der Waals surface area contributed by atoms with Crippen molar-refractivity contribution in [1.29, 1.82) is 0 Å². The Hall–Kier alpha value is -0.210. The topological polar surface area (TPSA) is 64.7 Å². The van der Waals surface area contributed by atoms with Gasteiger partial charge in [0.2, 0.25) is 0 Å². The van der Waals surface area contributed by atoms with Gasteiger partial charge in [-0.1, -0.05) is 6.92 Å². The van der Waals surface area contributed by atoms with Gasteiger partial charge in [0.25, 0.3) is 10.2 Å². The Morgan fingerprint density at radius 2 is 1.83 bits per heavy atom. The van der Waals surface area contributed by atoms with Crippen LogP contribution >= 0.6 is 0 Å². The van der Waals surface area contributed by atoms with Crippen molar-refractivity contribution < 1.29 is 8.42 Å². The Balaban J connectivity index is 4.03. The number of nitrogens with zero attached hydrogens (tertiary/aromatic N) is 2. The zero-order chi connectivity index (χ0) is 14.2. The first-order valence-electron chi connectivity index (χ1n) is 6.39. The van der Waals surface area contributed by atoms with Crippen molar-refractivity contribution in [2.75, 3.05) is 47.3 Å². The molecule has 0 heterocycles. The SMILES string of the molecule is CCNCCCN(C)S(=O)(=O)NCC(C)N(C)C. The second kappa shape index (κ2) is 8.82. The molecule has 0 rings (SSSR count). The summed E-state index contributed by atoms with van der Waals surface area (Å²) in [5.74, 6) is 0. The van der Waals surface area contributed by atoms with Gasteiger partial charge in [0.15, 0.2) is 0 Å². The normalized spacial score (nSPS) is 14.4. The van der Waals surface area contributed by atoms with Crippen LogP contribution in [0.3, 0.4) is 0 Å². The third-order valence-electron chi connectivity index (χ3n) is 2.93. The molecule has 0 aliphatic rings. The van der Waals surface area contributed by atoms with Crippen LogP contribution in [0.2, 0.25) is 0 Å². The van der Waals surface area contributed by atoms with Crippen molar-refractivity contribution in [2.24, 2.45) is 0 Å². The Bertz CT molecular complexity index is 306. The van der Waals surface area contributed by atoms with Crippen LogP contribution < -0.4 is 10.0 Å². The van der Waals surface area contributed by atoms with E-state index in [0.717, 1.165) is 19.5 Å². The van der Waals surface area contributed by atoms with Gasteiger partial charge in [0, 0.05) is 26.2 Å². The van der Waals surface area contributed by atoms with Gasteiger partial charge >= 0.3 is 0 Å². The number of likely N-dealkylation sites (N-methyl/N-ethyl adjacent to an activating group) is 1.